The van der Waals surface area contributed by atoms with Gasteiger partial charge in [-0.15, -0.1) is 11.3 Å². The maximum atomic E-state index is 12.8. The van der Waals surface area contributed by atoms with Crippen LogP contribution in [0.25, 0.3) is 0 Å². The summed E-state index contributed by atoms with van der Waals surface area (Å²) in [6.07, 6.45) is 0. The first kappa shape index (κ1) is 21.1. The van der Waals surface area contributed by atoms with Gasteiger partial charge in [0.05, 0.1) is 0 Å². The van der Waals surface area contributed by atoms with Crippen LogP contribution in [0.5, 0.6) is 0 Å². The molecule has 0 saturated carbocycles. The molecule has 28 heavy (non-hydrogen) atoms. The second kappa shape index (κ2) is 9.27. The summed E-state index contributed by atoms with van der Waals surface area (Å²) < 4.78 is 32.0. The van der Waals surface area contributed by atoms with Gasteiger partial charge in [0.25, 0.3) is 5.91 Å². The summed E-state index contributed by atoms with van der Waals surface area (Å²) in [6.45, 7) is 0.266. The van der Waals surface area contributed by atoms with Gasteiger partial charge in [-0.3, -0.25) is 4.79 Å². The molecule has 1 N–H and O–H groups in total. The summed E-state index contributed by atoms with van der Waals surface area (Å²) in [4.78, 5) is 24.2. The number of hydrogen-bond acceptors (Lipinski definition) is 7. The van der Waals surface area contributed by atoms with Crippen LogP contribution >= 0.6 is 34.7 Å². The Morgan fingerprint density at radius 3 is 2.68 bits per heavy atom. The molecule has 0 radical (unpaired) electrons. The minimum Gasteiger partial charge on any atom is -0.451 e. The van der Waals surface area contributed by atoms with Gasteiger partial charge in [0.1, 0.15) is 9.77 Å². The van der Waals surface area contributed by atoms with E-state index < -0.39 is 28.5 Å². The average Bonchev–Trinajstić information content (AvgIpc) is 3.18. The standard InChI is InChI=1S/C17H17ClN2O5S3/c18-12-2-1-3-13(10-12)19-15(21)11-25-17(22)16-14(4-7-27-16)28(23,24)20-5-8-26-9-6-20/h1-4,7,10H,5-6,8-9,11H2,(H,19,21). The van der Waals surface area contributed by atoms with Crippen LogP contribution in [-0.2, 0) is 19.6 Å². The Kier molecular flexibility index (Phi) is 7.00. The lowest BCUT2D eigenvalue weighted by Crippen LogP contribution is -2.38. The molecule has 0 spiro atoms. The highest BCUT2D eigenvalue weighted by molar-refractivity contribution is 7.99. The third kappa shape index (κ3) is 5.06. The summed E-state index contributed by atoms with van der Waals surface area (Å²) in [5.74, 6) is 0.0328. The number of carbonyl (C=O) groups is 2. The molecule has 11 heteroatoms. The number of thiophene rings is 1. The smallest absolute Gasteiger partial charge is 0.350 e. The Morgan fingerprint density at radius 2 is 1.96 bits per heavy atom. The SMILES string of the molecule is O=C(COC(=O)c1sccc1S(=O)(=O)N1CCSCC1)Nc1cccc(Cl)c1. The first-order chi connectivity index (χ1) is 13.4. The topological polar surface area (TPSA) is 92.8 Å². The highest BCUT2D eigenvalue weighted by Crippen LogP contribution is 2.27. The molecular formula is C17H17ClN2O5S3. The van der Waals surface area contributed by atoms with E-state index in [2.05, 4.69) is 5.32 Å². The molecule has 7 nitrogen and oxygen atoms in total. The van der Waals surface area contributed by atoms with Crippen LogP contribution < -0.4 is 5.32 Å². The van der Waals surface area contributed by atoms with Gasteiger partial charge in [-0.2, -0.15) is 16.1 Å². The number of rotatable bonds is 6. The van der Waals surface area contributed by atoms with E-state index in [0.29, 0.717) is 35.3 Å². The molecule has 1 aromatic carbocycles. The van der Waals surface area contributed by atoms with Crippen molar-refractivity contribution in [2.45, 2.75) is 4.90 Å². The van der Waals surface area contributed by atoms with E-state index in [9.17, 15) is 18.0 Å². The van der Waals surface area contributed by atoms with Crippen LogP contribution in [0.2, 0.25) is 5.02 Å². The number of thioether (sulfide) groups is 1. The third-order valence-electron chi connectivity index (χ3n) is 3.85. The van der Waals surface area contributed by atoms with E-state index in [-0.39, 0.29) is 9.77 Å². The van der Waals surface area contributed by atoms with Gasteiger partial charge >= 0.3 is 5.97 Å². The molecule has 1 saturated heterocycles. The van der Waals surface area contributed by atoms with Crippen molar-refractivity contribution in [3.8, 4) is 0 Å². The normalized spacial score (nSPS) is 15.2. The second-order valence-corrected chi connectivity index (χ2v) is 10.2. The molecule has 2 heterocycles. The van der Waals surface area contributed by atoms with E-state index in [4.69, 9.17) is 16.3 Å². The highest BCUT2D eigenvalue weighted by Gasteiger charge is 2.31. The van der Waals surface area contributed by atoms with Crippen molar-refractivity contribution < 1.29 is 22.7 Å². The Balaban J connectivity index is 1.64. The lowest BCUT2D eigenvalue weighted by molar-refractivity contribution is -0.119. The summed E-state index contributed by atoms with van der Waals surface area (Å²) in [5.41, 5.74) is 0.468. The lowest BCUT2D eigenvalue weighted by atomic mass is 10.3. The number of esters is 1. The molecule has 1 aromatic heterocycles. The summed E-state index contributed by atoms with van der Waals surface area (Å²) in [7, 11) is -3.77. The van der Waals surface area contributed by atoms with Gasteiger partial charge in [0.2, 0.25) is 10.0 Å². The minimum atomic E-state index is -3.77. The molecular weight excluding hydrogens is 444 g/mol. The monoisotopic (exact) mass is 460 g/mol. The van der Waals surface area contributed by atoms with E-state index >= 15 is 0 Å². The summed E-state index contributed by atoms with van der Waals surface area (Å²) in [5, 5.41) is 4.53. The van der Waals surface area contributed by atoms with Crippen molar-refractivity contribution in [1.82, 2.24) is 4.31 Å². The number of nitrogens with zero attached hydrogens (tertiary/aromatic N) is 1. The molecule has 1 aliphatic rings. The molecule has 1 fully saturated rings. The summed E-state index contributed by atoms with van der Waals surface area (Å²) >= 11 is 8.51. The van der Waals surface area contributed by atoms with Crippen LogP contribution in [0, 0.1) is 0 Å². The molecule has 1 aliphatic heterocycles. The molecule has 2 aromatic rings. The van der Waals surface area contributed by atoms with E-state index in [1.54, 1.807) is 36.0 Å². The minimum absolute atomic E-state index is 0.0335. The molecule has 1 amide bonds. The predicted molar refractivity (Wildman–Crippen MR) is 111 cm³/mol. The molecule has 0 bridgehead atoms. The van der Waals surface area contributed by atoms with Crippen LogP contribution in [0.15, 0.2) is 40.6 Å². The van der Waals surface area contributed by atoms with Crippen LogP contribution in [-0.4, -0.2) is 55.8 Å². The number of benzene rings is 1. The predicted octanol–water partition coefficient (Wildman–Crippen LogP) is 2.93. The number of hydrogen-bond donors (Lipinski definition) is 1. The fraction of sp³-hybridized carbons (Fsp3) is 0.294. The summed E-state index contributed by atoms with van der Waals surface area (Å²) in [6, 6.07) is 7.93. The first-order valence-corrected chi connectivity index (χ1v) is 12.1. The zero-order chi connectivity index (χ0) is 20.1. The van der Waals surface area contributed by atoms with Crippen molar-refractivity contribution in [1.29, 1.82) is 0 Å². The Hall–Kier alpha value is -1.59. The zero-order valence-electron chi connectivity index (χ0n) is 14.6. The third-order valence-corrected chi connectivity index (χ3v) is 7.99. The Labute approximate surface area is 176 Å². The molecule has 0 unspecified atom stereocenters. The molecule has 3 rings (SSSR count). The van der Waals surface area contributed by atoms with Crippen LogP contribution in [0.4, 0.5) is 5.69 Å². The maximum Gasteiger partial charge on any atom is 0.350 e. The number of carbonyl (C=O) groups excluding carboxylic acids is 2. The van der Waals surface area contributed by atoms with E-state index in [1.807, 2.05) is 0 Å². The number of sulfonamides is 1. The average molecular weight is 461 g/mol. The molecule has 0 atom stereocenters. The van der Waals surface area contributed by atoms with Gasteiger partial charge in [-0.25, -0.2) is 13.2 Å². The van der Waals surface area contributed by atoms with Gasteiger partial charge in [0, 0.05) is 35.3 Å². The van der Waals surface area contributed by atoms with Crippen LogP contribution in [0.3, 0.4) is 0 Å². The fourth-order valence-corrected chi connectivity index (χ4v) is 6.59. The fourth-order valence-electron chi connectivity index (χ4n) is 2.54. The maximum absolute atomic E-state index is 12.8. The van der Waals surface area contributed by atoms with Crippen molar-refractivity contribution >= 4 is 62.3 Å². The van der Waals surface area contributed by atoms with Crippen molar-refractivity contribution in [3.63, 3.8) is 0 Å². The molecule has 150 valence electrons. The van der Waals surface area contributed by atoms with Gasteiger partial charge in [-0.05, 0) is 29.6 Å². The van der Waals surface area contributed by atoms with E-state index in [0.717, 1.165) is 11.3 Å². The lowest BCUT2D eigenvalue weighted by Gasteiger charge is -2.25. The zero-order valence-corrected chi connectivity index (χ0v) is 17.8. The number of nitrogens with one attached hydrogen (secondary N) is 1. The highest BCUT2D eigenvalue weighted by atomic mass is 35.5. The first-order valence-electron chi connectivity index (χ1n) is 8.26. The molecule has 0 aliphatic carbocycles. The van der Waals surface area contributed by atoms with Gasteiger partial charge < -0.3 is 10.1 Å². The van der Waals surface area contributed by atoms with E-state index in [1.165, 1.54) is 15.8 Å². The quantitative estimate of drug-likeness (QED) is 0.666. The number of anilines is 1. The largest absolute Gasteiger partial charge is 0.451 e. The van der Waals surface area contributed by atoms with Crippen molar-refractivity contribution in [2.24, 2.45) is 0 Å². The number of halogens is 1. The second-order valence-electron chi connectivity index (χ2n) is 5.77. The Morgan fingerprint density at radius 1 is 1.21 bits per heavy atom. The van der Waals surface area contributed by atoms with Gasteiger partial charge in [0.15, 0.2) is 6.61 Å². The van der Waals surface area contributed by atoms with Crippen molar-refractivity contribution in [2.75, 3.05) is 36.5 Å². The van der Waals surface area contributed by atoms with Gasteiger partial charge in [-0.1, -0.05) is 17.7 Å². The Bertz CT molecular complexity index is 971. The van der Waals surface area contributed by atoms with Crippen molar-refractivity contribution in [3.05, 3.63) is 45.6 Å². The number of ether oxygens (including phenoxy) is 1. The number of amides is 1. The van der Waals surface area contributed by atoms with Crippen LogP contribution in [0.1, 0.15) is 9.67 Å².